The maximum atomic E-state index is 11.6. The molecule has 6 heteroatoms. The number of aryl methyl sites for hydroxylation is 1. The summed E-state index contributed by atoms with van der Waals surface area (Å²) in [6, 6.07) is 9.38. The molecule has 0 fully saturated rings. The van der Waals surface area contributed by atoms with E-state index in [1.807, 2.05) is 24.3 Å². The minimum absolute atomic E-state index is 0.157. The molecule has 0 amide bonds. The van der Waals surface area contributed by atoms with Crippen LogP contribution in [0.4, 0.5) is 11.5 Å². The minimum Gasteiger partial charge on any atom is -0.397 e. The lowest BCUT2D eigenvalue weighted by Crippen LogP contribution is -2.12. The van der Waals surface area contributed by atoms with Crippen molar-refractivity contribution >= 4 is 28.9 Å². The Morgan fingerprint density at radius 2 is 2.14 bits per heavy atom. The van der Waals surface area contributed by atoms with Gasteiger partial charge in [-0.25, -0.2) is 4.98 Å². The number of carbonyl (C=O) groups is 1. The molecule has 1 heterocycles. The van der Waals surface area contributed by atoms with Crippen molar-refractivity contribution in [3.63, 3.8) is 0 Å². The molecular formula is C16H15ClN4O. The molecule has 0 saturated heterocycles. The third-order valence-electron chi connectivity index (χ3n) is 3.28. The fourth-order valence-corrected chi connectivity index (χ4v) is 2.44. The lowest BCUT2D eigenvalue weighted by atomic mass is 10.0. The van der Waals surface area contributed by atoms with Crippen LogP contribution in [-0.4, -0.2) is 10.8 Å². The third-order valence-corrected chi connectivity index (χ3v) is 3.65. The zero-order valence-electron chi connectivity index (χ0n) is 12.3. The Bertz CT molecular complexity index is 780. The van der Waals surface area contributed by atoms with Crippen molar-refractivity contribution < 1.29 is 4.79 Å². The van der Waals surface area contributed by atoms with E-state index in [4.69, 9.17) is 17.3 Å². The van der Waals surface area contributed by atoms with E-state index < -0.39 is 0 Å². The number of Topliss-reactive ketones (excluding diaryl/α,β-unsaturated/α-hetero) is 1. The van der Waals surface area contributed by atoms with E-state index in [9.17, 15) is 10.1 Å². The maximum absolute atomic E-state index is 11.6. The Balaban J connectivity index is 2.38. The number of aromatic nitrogens is 1. The predicted octanol–water partition coefficient (Wildman–Crippen LogP) is 3.31. The van der Waals surface area contributed by atoms with Crippen molar-refractivity contribution in [2.45, 2.75) is 20.4 Å². The summed E-state index contributed by atoms with van der Waals surface area (Å²) >= 11 is 6.10. The molecule has 0 aliphatic heterocycles. The van der Waals surface area contributed by atoms with Gasteiger partial charge in [0.15, 0.2) is 5.78 Å². The van der Waals surface area contributed by atoms with Crippen LogP contribution in [0, 0.1) is 18.3 Å². The first-order valence-electron chi connectivity index (χ1n) is 6.64. The van der Waals surface area contributed by atoms with Gasteiger partial charge in [-0.1, -0.05) is 29.8 Å². The Hall–Kier alpha value is -2.58. The number of pyridine rings is 1. The van der Waals surface area contributed by atoms with Gasteiger partial charge in [0.25, 0.3) is 0 Å². The average Bonchev–Trinajstić information content (AvgIpc) is 2.45. The first kappa shape index (κ1) is 15.8. The highest BCUT2D eigenvalue weighted by Crippen LogP contribution is 2.27. The molecule has 0 aliphatic rings. The van der Waals surface area contributed by atoms with Gasteiger partial charge >= 0.3 is 0 Å². The standard InChI is InChI=1S/C16H15ClN4O/c1-9-14(10(2)22)15(19)12(7-18)16(21-9)20-8-11-5-3-4-6-13(11)17/h3-6H,8H2,1-2H3,(H3,19,20,21). The SMILES string of the molecule is CC(=O)c1c(C)nc(NCc2ccccc2Cl)c(C#N)c1N. The summed E-state index contributed by atoms with van der Waals surface area (Å²) in [7, 11) is 0. The molecule has 0 saturated carbocycles. The molecule has 5 nitrogen and oxygen atoms in total. The lowest BCUT2D eigenvalue weighted by Gasteiger charge is -2.14. The smallest absolute Gasteiger partial charge is 0.163 e. The molecule has 112 valence electrons. The van der Waals surface area contributed by atoms with Gasteiger partial charge in [0.2, 0.25) is 0 Å². The summed E-state index contributed by atoms with van der Waals surface area (Å²) in [5.41, 5.74) is 7.93. The molecule has 0 spiro atoms. The van der Waals surface area contributed by atoms with Crippen LogP contribution < -0.4 is 11.1 Å². The zero-order chi connectivity index (χ0) is 16.3. The van der Waals surface area contributed by atoms with Crippen LogP contribution in [0.25, 0.3) is 0 Å². The summed E-state index contributed by atoms with van der Waals surface area (Å²) in [5, 5.41) is 13.0. The fourth-order valence-electron chi connectivity index (χ4n) is 2.23. The molecule has 0 bridgehead atoms. The van der Waals surface area contributed by atoms with Gasteiger partial charge in [-0.2, -0.15) is 5.26 Å². The maximum Gasteiger partial charge on any atom is 0.163 e. The molecule has 0 aliphatic carbocycles. The van der Waals surface area contributed by atoms with E-state index in [2.05, 4.69) is 10.3 Å². The van der Waals surface area contributed by atoms with Gasteiger partial charge in [0.05, 0.1) is 16.9 Å². The molecule has 0 atom stereocenters. The van der Waals surface area contributed by atoms with Gasteiger partial charge in [-0.05, 0) is 25.5 Å². The first-order chi connectivity index (χ1) is 10.5. The quantitative estimate of drug-likeness (QED) is 0.845. The number of benzene rings is 1. The van der Waals surface area contributed by atoms with Crippen LogP contribution in [-0.2, 0) is 6.54 Å². The summed E-state index contributed by atoms with van der Waals surface area (Å²) in [5.74, 6) is 0.138. The number of anilines is 2. The number of nitrogen functional groups attached to an aromatic ring is 1. The first-order valence-corrected chi connectivity index (χ1v) is 7.02. The van der Waals surface area contributed by atoms with Crippen LogP contribution in [0.2, 0.25) is 5.02 Å². The van der Waals surface area contributed by atoms with Crippen molar-refractivity contribution in [3.05, 3.63) is 51.7 Å². The second-order valence-corrected chi connectivity index (χ2v) is 5.23. The van der Waals surface area contributed by atoms with Gasteiger partial charge in [0, 0.05) is 11.6 Å². The number of ketones is 1. The van der Waals surface area contributed by atoms with E-state index in [0.29, 0.717) is 28.6 Å². The number of nitrogens with one attached hydrogen (secondary N) is 1. The summed E-state index contributed by atoms with van der Waals surface area (Å²) < 4.78 is 0. The Labute approximate surface area is 133 Å². The molecule has 2 aromatic rings. The van der Waals surface area contributed by atoms with Crippen molar-refractivity contribution in [2.24, 2.45) is 0 Å². The molecule has 0 unspecified atom stereocenters. The molecule has 1 aromatic heterocycles. The number of halogens is 1. The fraction of sp³-hybridized carbons (Fsp3) is 0.188. The van der Waals surface area contributed by atoms with E-state index in [1.54, 1.807) is 13.0 Å². The molecule has 22 heavy (non-hydrogen) atoms. The monoisotopic (exact) mass is 314 g/mol. The topological polar surface area (TPSA) is 91.8 Å². The Morgan fingerprint density at radius 3 is 2.73 bits per heavy atom. The second-order valence-electron chi connectivity index (χ2n) is 4.82. The lowest BCUT2D eigenvalue weighted by molar-refractivity contribution is 0.101. The number of nitrogens with zero attached hydrogens (tertiary/aromatic N) is 2. The van der Waals surface area contributed by atoms with Crippen LogP contribution in [0.5, 0.6) is 0 Å². The molecule has 3 N–H and O–H groups in total. The van der Waals surface area contributed by atoms with Crippen molar-refractivity contribution in [3.8, 4) is 6.07 Å². The van der Waals surface area contributed by atoms with Crippen LogP contribution in [0.3, 0.4) is 0 Å². The van der Waals surface area contributed by atoms with E-state index in [1.165, 1.54) is 6.92 Å². The van der Waals surface area contributed by atoms with Gasteiger partial charge < -0.3 is 11.1 Å². The van der Waals surface area contributed by atoms with Crippen molar-refractivity contribution in [1.82, 2.24) is 4.98 Å². The third kappa shape index (κ3) is 3.02. The predicted molar refractivity (Wildman–Crippen MR) is 86.9 cm³/mol. The summed E-state index contributed by atoms with van der Waals surface area (Å²) in [4.78, 5) is 15.9. The van der Waals surface area contributed by atoms with E-state index in [0.717, 1.165) is 5.56 Å². The highest BCUT2D eigenvalue weighted by molar-refractivity contribution is 6.31. The number of nitrogens with two attached hydrogens (primary N) is 1. The van der Waals surface area contributed by atoms with Crippen molar-refractivity contribution in [1.29, 1.82) is 5.26 Å². The Morgan fingerprint density at radius 1 is 1.45 bits per heavy atom. The van der Waals surface area contributed by atoms with E-state index >= 15 is 0 Å². The van der Waals surface area contributed by atoms with Gasteiger partial charge in [0.1, 0.15) is 17.5 Å². The highest BCUT2D eigenvalue weighted by atomic mass is 35.5. The number of nitriles is 1. The largest absolute Gasteiger partial charge is 0.397 e. The summed E-state index contributed by atoms with van der Waals surface area (Å²) in [6.07, 6.45) is 0. The van der Waals surface area contributed by atoms with Gasteiger partial charge in [-0.15, -0.1) is 0 Å². The zero-order valence-corrected chi connectivity index (χ0v) is 13.0. The van der Waals surface area contributed by atoms with Crippen LogP contribution in [0.15, 0.2) is 24.3 Å². The second kappa shape index (κ2) is 6.46. The normalized spacial score (nSPS) is 10.1. The number of rotatable bonds is 4. The van der Waals surface area contributed by atoms with Crippen LogP contribution in [0.1, 0.15) is 34.1 Å². The molecule has 1 aromatic carbocycles. The molecule has 2 rings (SSSR count). The number of hydrogen-bond donors (Lipinski definition) is 2. The summed E-state index contributed by atoms with van der Waals surface area (Å²) in [6.45, 7) is 3.49. The van der Waals surface area contributed by atoms with Crippen LogP contribution >= 0.6 is 11.6 Å². The average molecular weight is 315 g/mol. The number of hydrogen-bond acceptors (Lipinski definition) is 5. The molecular weight excluding hydrogens is 300 g/mol. The van der Waals surface area contributed by atoms with Crippen molar-refractivity contribution in [2.75, 3.05) is 11.1 Å². The Kier molecular flexibility index (Phi) is 4.64. The number of carbonyl (C=O) groups excluding carboxylic acids is 1. The molecule has 0 radical (unpaired) electrons. The van der Waals surface area contributed by atoms with Gasteiger partial charge in [-0.3, -0.25) is 4.79 Å². The minimum atomic E-state index is -0.211. The van der Waals surface area contributed by atoms with E-state index in [-0.39, 0.29) is 17.0 Å². The highest BCUT2D eigenvalue weighted by Gasteiger charge is 2.18.